The van der Waals surface area contributed by atoms with Crippen molar-refractivity contribution in [3.05, 3.63) is 45.6 Å². The Morgan fingerprint density at radius 1 is 1.10 bits per heavy atom. The van der Waals surface area contributed by atoms with Gasteiger partial charge in [-0.2, -0.15) is 0 Å². The number of amides is 1. The van der Waals surface area contributed by atoms with Crippen LogP contribution in [0.1, 0.15) is 40.3 Å². The fourth-order valence-corrected chi connectivity index (χ4v) is 3.44. The Morgan fingerprint density at radius 2 is 1.77 bits per heavy atom. The minimum atomic E-state index is -0.794. The molecule has 0 aliphatic carbocycles. The van der Waals surface area contributed by atoms with E-state index in [-0.39, 0.29) is 35.1 Å². The summed E-state index contributed by atoms with van der Waals surface area (Å²) in [6, 6.07) is 7.39. The van der Waals surface area contributed by atoms with Crippen molar-refractivity contribution in [1.29, 1.82) is 0 Å². The lowest BCUT2D eigenvalue weighted by molar-refractivity contribution is -0.144. The van der Waals surface area contributed by atoms with Crippen molar-refractivity contribution in [3.8, 4) is 0 Å². The zero-order valence-corrected chi connectivity index (χ0v) is 19.0. The van der Waals surface area contributed by atoms with Gasteiger partial charge in [0.05, 0.1) is 17.9 Å². The highest BCUT2D eigenvalue weighted by Crippen LogP contribution is 2.28. The first-order valence-electron chi connectivity index (χ1n) is 8.88. The Morgan fingerprint density at radius 3 is 2.37 bits per heavy atom. The number of aryl methyl sites for hydroxylation is 1. The van der Waals surface area contributed by atoms with Gasteiger partial charge >= 0.3 is 11.9 Å². The summed E-state index contributed by atoms with van der Waals surface area (Å²) in [6.07, 6.45) is 0. The van der Waals surface area contributed by atoms with E-state index in [0.717, 1.165) is 9.37 Å². The van der Waals surface area contributed by atoms with Gasteiger partial charge < -0.3 is 13.9 Å². The lowest BCUT2D eigenvalue weighted by atomic mass is 10.1. The van der Waals surface area contributed by atoms with Gasteiger partial charge in [-0.05, 0) is 45.0 Å². The number of hydrogen-bond acceptors (Lipinski definition) is 8. The molecule has 0 aliphatic heterocycles. The fraction of sp³-hybridized carbons (Fsp3) is 0.300. The van der Waals surface area contributed by atoms with Crippen molar-refractivity contribution < 1.29 is 33.1 Å². The average Bonchev–Trinajstić information content (AvgIpc) is 3.02. The van der Waals surface area contributed by atoms with Gasteiger partial charge in [-0.3, -0.25) is 19.7 Å². The smallest absolute Gasteiger partial charge is 0.344 e. The molecule has 1 amide bonds. The number of thioether (sulfide) groups is 1. The van der Waals surface area contributed by atoms with Gasteiger partial charge in [-0.1, -0.05) is 15.9 Å². The summed E-state index contributed by atoms with van der Waals surface area (Å²) in [6.45, 7) is 3.90. The lowest BCUT2D eigenvalue weighted by Crippen LogP contribution is -2.22. The molecule has 10 heteroatoms. The minimum Gasteiger partial charge on any atom is -0.462 e. The van der Waals surface area contributed by atoms with Gasteiger partial charge in [-0.15, -0.1) is 11.8 Å². The summed E-state index contributed by atoms with van der Waals surface area (Å²) in [7, 11) is 0. The van der Waals surface area contributed by atoms with Gasteiger partial charge in [0.1, 0.15) is 11.3 Å². The van der Waals surface area contributed by atoms with Crippen LogP contribution in [0.5, 0.6) is 0 Å². The highest BCUT2D eigenvalue weighted by Gasteiger charge is 2.28. The van der Waals surface area contributed by atoms with E-state index in [9.17, 15) is 19.2 Å². The van der Waals surface area contributed by atoms with E-state index in [1.807, 2.05) is 24.3 Å². The molecule has 2 rings (SSSR count). The molecule has 0 atom stereocenters. The molecule has 30 heavy (non-hydrogen) atoms. The van der Waals surface area contributed by atoms with Gasteiger partial charge in [0.2, 0.25) is 5.88 Å². The second-order valence-corrected chi connectivity index (χ2v) is 7.93. The number of ether oxygens (including phenoxy) is 2. The summed E-state index contributed by atoms with van der Waals surface area (Å²) in [4.78, 5) is 49.0. The maximum absolute atomic E-state index is 12.2. The predicted molar refractivity (Wildman–Crippen MR) is 114 cm³/mol. The highest BCUT2D eigenvalue weighted by molar-refractivity contribution is 9.10. The minimum absolute atomic E-state index is 0.0251. The first kappa shape index (κ1) is 23.7. The first-order chi connectivity index (χ1) is 14.2. The Kier molecular flexibility index (Phi) is 8.67. The van der Waals surface area contributed by atoms with Crippen LogP contribution in [-0.2, 0) is 19.1 Å². The van der Waals surface area contributed by atoms with Crippen molar-refractivity contribution in [2.75, 3.05) is 24.3 Å². The third-order valence-corrected chi connectivity index (χ3v) is 5.22. The van der Waals surface area contributed by atoms with Crippen LogP contribution in [0.4, 0.5) is 5.88 Å². The maximum atomic E-state index is 12.2. The van der Waals surface area contributed by atoms with Crippen molar-refractivity contribution in [3.63, 3.8) is 0 Å². The van der Waals surface area contributed by atoms with Gasteiger partial charge in [0, 0.05) is 9.37 Å². The van der Waals surface area contributed by atoms with Crippen LogP contribution in [0.15, 0.2) is 38.1 Å². The molecule has 8 nitrogen and oxygen atoms in total. The van der Waals surface area contributed by atoms with Crippen molar-refractivity contribution in [2.24, 2.45) is 0 Å². The summed E-state index contributed by atoms with van der Waals surface area (Å²) >= 11 is 4.60. The van der Waals surface area contributed by atoms with Crippen LogP contribution in [-0.4, -0.2) is 42.6 Å². The van der Waals surface area contributed by atoms with E-state index >= 15 is 0 Å². The summed E-state index contributed by atoms with van der Waals surface area (Å²) < 4.78 is 16.2. The average molecular weight is 498 g/mol. The molecule has 1 aromatic carbocycles. The Hall–Kier alpha value is -2.59. The molecule has 0 radical (unpaired) electrons. The molecule has 160 valence electrons. The summed E-state index contributed by atoms with van der Waals surface area (Å²) in [5, 5.41) is 2.35. The zero-order valence-electron chi connectivity index (χ0n) is 16.6. The number of furan rings is 1. The zero-order chi connectivity index (χ0) is 22.3. The van der Waals surface area contributed by atoms with Gasteiger partial charge in [0.25, 0.3) is 5.91 Å². The van der Waals surface area contributed by atoms with Crippen molar-refractivity contribution in [2.45, 2.75) is 25.7 Å². The van der Waals surface area contributed by atoms with Crippen LogP contribution in [0.25, 0.3) is 0 Å². The normalized spacial score (nSPS) is 10.4. The molecule has 0 spiro atoms. The fourth-order valence-electron chi connectivity index (χ4n) is 2.48. The van der Waals surface area contributed by atoms with E-state index < -0.39 is 30.2 Å². The summed E-state index contributed by atoms with van der Waals surface area (Å²) in [5.74, 6) is -2.52. The molecule has 0 saturated carbocycles. The Labute approximate surface area is 185 Å². The van der Waals surface area contributed by atoms with E-state index in [0.29, 0.717) is 0 Å². The molecule has 1 aromatic heterocycles. The van der Waals surface area contributed by atoms with Crippen LogP contribution in [0, 0.1) is 6.92 Å². The molecular formula is C20H20BrNO7S. The number of carbonyl (C=O) groups excluding carboxylic acids is 4. The second kappa shape index (κ2) is 11.0. The number of anilines is 1. The number of halogens is 1. The Bertz CT molecular complexity index is 953. The number of hydrogen-bond donors (Lipinski definition) is 1. The van der Waals surface area contributed by atoms with E-state index in [4.69, 9.17) is 13.9 Å². The largest absolute Gasteiger partial charge is 0.462 e. The maximum Gasteiger partial charge on any atom is 0.344 e. The third-order valence-electron chi connectivity index (χ3n) is 3.70. The molecule has 0 fully saturated rings. The van der Waals surface area contributed by atoms with Gasteiger partial charge in [0.15, 0.2) is 12.4 Å². The van der Waals surface area contributed by atoms with Crippen LogP contribution >= 0.6 is 27.7 Å². The highest BCUT2D eigenvalue weighted by atomic mass is 79.9. The monoisotopic (exact) mass is 497 g/mol. The van der Waals surface area contributed by atoms with E-state index in [2.05, 4.69) is 21.2 Å². The second-order valence-electron chi connectivity index (χ2n) is 5.97. The molecule has 0 aliphatic rings. The van der Waals surface area contributed by atoms with Crippen molar-refractivity contribution >= 4 is 57.2 Å². The van der Waals surface area contributed by atoms with Crippen LogP contribution in [0.3, 0.4) is 0 Å². The SMILES string of the molecule is CCOC(=O)c1c(NC(=O)COC(=O)CSc2ccc(Br)cc2)oc(C)c1C(C)=O. The van der Waals surface area contributed by atoms with E-state index in [1.165, 1.54) is 25.6 Å². The number of Topliss-reactive ketones (excluding diaryl/α,β-unsaturated/α-hetero) is 1. The number of esters is 2. The molecule has 0 unspecified atom stereocenters. The molecule has 2 aromatic rings. The van der Waals surface area contributed by atoms with E-state index in [1.54, 1.807) is 6.92 Å². The number of carbonyl (C=O) groups is 4. The van der Waals surface area contributed by atoms with Crippen molar-refractivity contribution in [1.82, 2.24) is 0 Å². The lowest BCUT2D eigenvalue weighted by Gasteiger charge is -2.07. The standard InChI is InChI=1S/C20H20BrNO7S/c1-4-27-20(26)18-17(11(2)23)12(3)29-19(18)22-15(24)9-28-16(25)10-30-14-7-5-13(21)6-8-14/h5-8H,4,9-10H2,1-3H3,(H,22,24). The first-order valence-corrected chi connectivity index (χ1v) is 10.7. The number of benzene rings is 1. The molecular weight excluding hydrogens is 478 g/mol. The molecule has 0 saturated heterocycles. The van der Waals surface area contributed by atoms with Gasteiger partial charge in [-0.25, -0.2) is 4.79 Å². The number of rotatable bonds is 9. The number of ketones is 1. The molecule has 1 N–H and O–H groups in total. The third kappa shape index (κ3) is 6.46. The summed E-state index contributed by atoms with van der Waals surface area (Å²) in [5.41, 5.74) is -0.126. The predicted octanol–water partition coefficient (Wildman–Crippen LogP) is 4.00. The molecule has 0 bridgehead atoms. The number of nitrogens with one attached hydrogen (secondary N) is 1. The molecule has 1 heterocycles. The topological polar surface area (TPSA) is 112 Å². The van der Waals surface area contributed by atoms with Crippen LogP contribution in [0.2, 0.25) is 0 Å². The van der Waals surface area contributed by atoms with Crippen LogP contribution < -0.4 is 5.32 Å². The Balaban J connectivity index is 1.96. The quantitative estimate of drug-likeness (QED) is 0.314.